The van der Waals surface area contributed by atoms with Crippen molar-refractivity contribution >= 4 is 44.6 Å². The van der Waals surface area contributed by atoms with Gasteiger partial charge in [-0.1, -0.05) is 23.2 Å². The van der Waals surface area contributed by atoms with E-state index in [9.17, 15) is 26.4 Å². The number of amides is 1. The molecule has 3 aromatic heterocycles. The van der Waals surface area contributed by atoms with Crippen LogP contribution in [0.3, 0.4) is 0 Å². The van der Waals surface area contributed by atoms with E-state index in [-0.39, 0.29) is 57.6 Å². The van der Waals surface area contributed by atoms with E-state index in [0.29, 0.717) is 11.3 Å². The molecule has 4 heterocycles. The van der Waals surface area contributed by atoms with Crippen molar-refractivity contribution in [3.05, 3.63) is 46.0 Å². The monoisotopic (exact) mass is 580 g/mol. The number of pyridine rings is 2. The number of carbonyl (C=O) groups excluding carboxylic acids is 1. The van der Waals surface area contributed by atoms with E-state index < -0.39 is 34.1 Å². The fourth-order valence-corrected chi connectivity index (χ4v) is 6.00. The smallest absolute Gasteiger partial charge is 0.422 e. The molecule has 0 saturated carbocycles. The highest BCUT2D eigenvalue weighted by Gasteiger charge is 2.36. The van der Waals surface area contributed by atoms with Crippen LogP contribution in [0.4, 0.5) is 13.2 Å². The number of aromatic nitrogens is 3. The molecule has 1 aliphatic rings. The fourth-order valence-electron chi connectivity index (χ4n) is 3.78. The number of hydrogen-bond acceptors (Lipinski definition) is 7. The molecule has 1 amide bonds. The molecule has 15 heteroatoms. The summed E-state index contributed by atoms with van der Waals surface area (Å²) in [6.07, 6.45) is -2.88. The average Bonchev–Trinajstić information content (AvgIpc) is 3.14. The SMILES string of the molecule is Cc1c(Oc2ncc(Cl)cc2OCC(F)(F)F)ccc2nc(C(=O)NC3(C)CCS(=O)(=O)CC3)c(Cl)n12. The minimum absolute atomic E-state index is 0.0277. The van der Waals surface area contributed by atoms with Crippen LogP contribution < -0.4 is 14.8 Å². The zero-order valence-corrected chi connectivity index (χ0v) is 21.9. The molecule has 0 unspecified atom stereocenters. The van der Waals surface area contributed by atoms with Crippen LogP contribution in [0.1, 0.15) is 35.9 Å². The van der Waals surface area contributed by atoms with E-state index in [4.69, 9.17) is 32.7 Å². The van der Waals surface area contributed by atoms with Crippen molar-refractivity contribution in [3.8, 4) is 17.4 Å². The third-order valence-corrected chi connectivity index (χ3v) is 8.07. The maximum atomic E-state index is 13.0. The van der Waals surface area contributed by atoms with Gasteiger partial charge in [-0.25, -0.2) is 18.4 Å². The van der Waals surface area contributed by atoms with E-state index in [1.165, 1.54) is 22.7 Å². The molecule has 0 radical (unpaired) electrons. The minimum Gasteiger partial charge on any atom is -0.478 e. The molecule has 0 aromatic carbocycles. The zero-order valence-electron chi connectivity index (χ0n) is 19.5. The van der Waals surface area contributed by atoms with Crippen LogP contribution in [0.2, 0.25) is 10.2 Å². The van der Waals surface area contributed by atoms with Crippen molar-refractivity contribution in [2.24, 2.45) is 0 Å². The molecule has 1 saturated heterocycles. The molecule has 1 aliphatic heterocycles. The van der Waals surface area contributed by atoms with Gasteiger partial charge in [-0.3, -0.25) is 9.20 Å². The van der Waals surface area contributed by atoms with Crippen LogP contribution in [0, 0.1) is 6.92 Å². The minimum atomic E-state index is -4.58. The summed E-state index contributed by atoms with van der Waals surface area (Å²) >= 11 is 12.3. The molecule has 37 heavy (non-hydrogen) atoms. The van der Waals surface area contributed by atoms with E-state index in [0.717, 1.165) is 6.07 Å². The topological polar surface area (TPSA) is 112 Å². The van der Waals surface area contributed by atoms with Crippen LogP contribution >= 0.6 is 23.2 Å². The number of carbonyl (C=O) groups is 1. The van der Waals surface area contributed by atoms with Gasteiger partial charge >= 0.3 is 6.18 Å². The van der Waals surface area contributed by atoms with Crippen molar-refractivity contribution in [1.82, 2.24) is 19.7 Å². The number of rotatable bonds is 6. The fraction of sp³-hybridized carbons (Fsp3) is 0.409. The summed E-state index contributed by atoms with van der Waals surface area (Å²) in [7, 11) is -3.12. The molecule has 0 aliphatic carbocycles. The van der Waals surface area contributed by atoms with Crippen molar-refractivity contribution in [2.75, 3.05) is 18.1 Å². The quantitative estimate of drug-likeness (QED) is 0.446. The molecule has 1 N–H and O–H groups in total. The second-order valence-corrected chi connectivity index (χ2v) is 12.0. The summed E-state index contributed by atoms with van der Waals surface area (Å²) in [6.45, 7) is 1.80. The Labute approximate surface area is 219 Å². The van der Waals surface area contributed by atoms with Gasteiger partial charge in [-0.2, -0.15) is 13.2 Å². The van der Waals surface area contributed by atoms with Gasteiger partial charge in [0.25, 0.3) is 11.8 Å². The lowest BCUT2D eigenvalue weighted by atomic mass is 9.95. The van der Waals surface area contributed by atoms with Crippen molar-refractivity contribution in [3.63, 3.8) is 0 Å². The lowest BCUT2D eigenvalue weighted by Gasteiger charge is -2.34. The number of ether oxygens (including phenoxy) is 2. The molecule has 9 nitrogen and oxygen atoms in total. The average molecular weight is 581 g/mol. The van der Waals surface area contributed by atoms with Crippen molar-refractivity contribution in [1.29, 1.82) is 0 Å². The van der Waals surface area contributed by atoms with Gasteiger partial charge in [0.2, 0.25) is 0 Å². The number of hydrogen-bond donors (Lipinski definition) is 1. The second kappa shape index (κ2) is 9.84. The van der Waals surface area contributed by atoms with Crippen LogP contribution in [-0.2, 0) is 9.84 Å². The van der Waals surface area contributed by atoms with Crippen molar-refractivity contribution in [2.45, 2.75) is 38.4 Å². The highest BCUT2D eigenvalue weighted by Crippen LogP contribution is 2.35. The lowest BCUT2D eigenvalue weighted by molar-refractivity contribution is -0.153. The third-order valence-electron chi connectivity index (χ3n) is 5.87. The van der Waals surface area contributed by atoms with Crippen LogP contribution in [0.25, 0.3) is 5.65 Å². The Bertz CT molecular complexity index is 1460. The number of nitrogens with zero attached hydrogens (tertiary/aromatic N) is 3. The molecule has 1 fully saturated rings. The van der Waals surface area contributed by atoms with E-state index in [1.807, 2.05) is 0 Å². The number of alkyl halides is 3. The van der Waals surface area contributed by atoms with Crippen LogP contribution in [-0.4, -0.2) is 58.5 Å². The first kappa shape index (κ1) is 27.3. The van der Waals surface area contributed by atoms with Gasteiger partial charge in [-0.05, 0) is 38.8 Å². The van der Waals surface area contributed by atoms with Gasteiger partial charge in [0, 0.05) is 17.8 Å². The summed E-state index contributed by atoms with van der Waals surface area (Å²) in [5.74, 6) is -1.05. The first-order valence-corrected chi connectivity index (χ1v) is 13.5. The van der Waals surface area contributed by atoms with Gasteiger partial charge in [0.15, 0.2) is 18.1 Å². The maximum absolute atomic E-state index is 13.0. The highest BCUT2D eigenvalue weighted by atomic mass is 35.5. The molecule has 0 bridgehead atoms. The van der Waals surface area contributed by atoms with Crippen LogP contribution in [0.5, 0.6) is 17.4 Å². The predicted octanol–water partition coefficient (Wildman–Crippen LogP) is 4.78. The second-order valence-electron chi connectivity index (χ2n) is 8.86. The number of halogens is 5. The molecule has 0 atom stereocenters. The number of sulfone groups is 1. The van der Waals surface area contributed by atoms with E-state index in [1.54, 1.807) is 13.8 Å². The van der Waals surface area contributed by atoms with Crippen molar-refractivity contribution < 1.29 is 35.9 Å². The molecule has 200 valence electrons. The normalized spacial score (nSPS) is 16.9. The lowest BCUT2D eigenvalue weighted by Crippen LogP contribution is -2.51. The van der Waals surface area contributed by atoms with Gasteiger partial charge in [-0.15, -0.1) is 0 Å². The number of aryl methyl sites for hydroxylation is 1. The number of fused-ring (bicyclic) bond motifs is 1. The summed E-state index contributed by atoms with van der Waals surface area (Å²) in [4.78, 5) is 21.2. The van der Waals surface area contributed by atoms with Crippen LogP contribution in [0.15, 0.2) is 24.4 Å². The standard InChI is InChI=1S/C22H21Cl2F3N4O5S/c1-12-14(36-20-15(9-13(23)10-28-20)35-11-22(25,26)27)3-4-16-29-17(18(24)31(12)16)19(32)30-21(2)5-7-37(33,34)8-6-21/h3-4,9-10H,5-8,11H2,1-2H3,(H,30,32). The Hall–Kier alpha value is -2.77. The molecular weight excluding hydrogens is 560 g/mol. The van der Waals surface area contributed by atoms with Gasteiger partial charge in [0.1, 0.15) is 26.4 Å². The first-order valence-electron chi connectivity index (χ1n) is 10.9. The first-order chi connectivity index (χ1) is 17.2. The Kier molecular flexibility index (Phi) is 7.25. The number of imidazole rings is 1. The Morgan fingerprint density at radius 3 is 2.54 bits per heavy atom. The third kappa shape index (κ3) is 6.21. The van der Waals surface area contributed by atoms with E-state index in [2.05, 4.69) is 15.3 Å². The summed E-state index contributed by atoms with van der Waals surface area (Å²) < 4.78 is 73.4. The Morgan fingerprint density at radius 1 is 1.22 bits per heavy atom. The summed E-state index contributed by atoms with van der Waals surface area (Å²) in [6, 6.07) is 4.14. The summed E-state index contributed by atoms with van der Waals surface area (Å²) in [5.41, 5.74) is -0.121. The Balaban J connectivity index is 1.61. The highest BCUT2D eigenvalue weighted by molar-refractivity contribution is 7.91. The maximum Gasteiger partial charge on any atom is 0.422 e. The summed E-state index contributed by atoms with van der Waals surface area (Å²) in [5, 5.41) is 2.86. The largest absolute Gasteiger partial charge is 0.478 e. The Morgan fingerprint density at radius 2 is 1.89 bits per heavy atom. The molecule has 0 spiro atoms. The number of nitrogens with one attached hydrogen (secondary N) is 1. The van der Waals surface area contributed by atoms with Gasteiger partial charge in [0.05, 0.1) is 22.2 Å². The molecule has 3 aromatic rings. The molecule has 4 rings (SSSR count). The van der Waals surface area contributed by atoms with Gasteiger partial charge < -0.3 is 14.8 Å². The zero-order chi connectivity index (χ0) is 27.2. The predicted molar refractivity (Wildman–Crippen MR) is 130 cm³/mol. The van der Waals surface area contributed by atoms with E-state index >= 15 is 0 Å². The molecular formula is C22H21Cl2F3N4O5S.